The Bertz CT molecular complexity index is 1040. The van der Waals surface area contributed by atoms with Crippen LogP contribution in [-0.4, -0.2) is 4.98 Å². The lowest BCUT2D eigenvalue weighted by atomic mass is 9.82. The first kappa shape index (κ1) is 14.9. The number of nitriles is 1. The van der Waals surface area contributed by atoms with E-state index in [2.05, 4.69) is 33.0 Å². The lowest BCUT2D eigenvalue weighted by Crippen LogP contribution is -2.21. The van der Waals surface area contributed by atoms with Crippen LogP contribution in [0.2, 0.25) is 0 Å². The average Bonchev–Trinajstić information content (AvgIpc) is 2.89. The minimum absolute atomic E-state index is 0.169. The number of aromatic amines is 1. The molecule has 1 aromatic heterocycles. The topological polar surface area (TPSA) is 74.8 Å². The van der Waals surface area contributed by atoms with Crippen molar-refractivity contribution in [1.29, 1.82) is 5.26 Å². The number of benzene rings is 2. The summed E-state index contributed by atoms with van der Waals surface area (Å²) in [4.78, 5) is 3.40. The third kappa shape index (κ3) is 2.11. The molecular formula is C19H14BrN3O. The second-order valence-corrected chi connectivity index (χ2v) is 6.73. The molecule has 1 aliphatic heterocycles. The van der Waals surface area contributed by atoms with E-state index in [1.54, 1.807) is 0 Å². The standard InChI is InChI=1S/C19H14BrN3O/c1-10-17(12-4-2-3-5-15(12)23-10)18-13-8-11(20)6-7-16(13)24-19(22)14(18)9-21/h2-8,18,23H,22H2,1H3. The molecule has 1 atom stereocenters. The highest BCUT2D eigenvalue weighted by Gasteiger charge is 2.33. The number of nitrogens with one attached hydrogen (secondary N) is 1. The second kappa shape index (κ2) is 5.43. The number of nitrogens with zero attached hydrogens (tertiary/aromatic N) is 1. The molecule has 2 heterocycles. The van der Waals surface area contributed by atoms with E-state index in [1.165, 1.54) is 0 Å². The molecule has 3 aromatic rings. The molecule has 4 rings (SSSR count). The molecule has 118 valence electrons. The van der Waals surface area contributed by atoms with E-state index in [-0.39, 0.29) is 11.8 Å². The van der Waals surface area contributed by atoms with Crippen molar-refractivity contribution < 1.29 is 4.74 Å². The molecule has 0 spiro atoms. The van der Waals surface area contributed by atoms with Gasteiger partial charge in [0, 0.05) is 26.6 Å². The normalized spacial score (nSPS) is 16.6. The van der Waals surface area contributed by atoms with E-state index < -0.39 is 0 Å². The number of halogens is 1. The van der Waals surface area contributed by atoms with Crippen molar-refractivity contribution >= 4 is 26.8 Å². The second-order valence-electron chi connectivity index (χ2n) is 5.82. The molecule has 0 aliphatic carbocycles. The van der Waals surface area contributed by atoms with Gasteiger partial charge in [0.05, 0.1) is 5.92 Å². The Hall–Kier alpha value is -2.71. The quantitative estimate of drug-likeness (QED) is 0.655. The summed E-state index contributed by atoms with van der Waals surface area (Å²) in [5.41, 5.74) is 10.5. The maximum absolute atomic E-state index is 9.70. The van der Waals surface area contributed by atoms with Crippen molar-refractivity contribution in [1.82, 2.24) is 4.98 Å². The molecule has 0 saturated carbocycles. The maximum atomic E-state index is 9.70. The van der Waals surface area contributed by atoms with E-state index >= 15 is 0 Å². The van der Waals surface area contributed by atoms with Crippen LogP contribution < -0.4 is 10.5 Å². The van der Waals surface area contributed by atoms with Crippen LogP contribution in [0.15, 0.2) is 58.4 Å². The van der Waals surface area contributed by atoms with Crippen LogP contribution in [-0.2, 0) is 0 Å². The van der Waals surface area contributed by atoms with Crippen LogP contribution in [0.25, 0.3) is 10.9 Å². The van der Waals surface area contributed by atoms with Gasteiger partial charge in [-0.15, -0.1) is 0 Å². The van der Waals surface area contributed by atoms with Gasteiger partial charge in [-0.25, -0.2) is 0 Å². The van der Waals surface area contributed by atoms with Gasteiger partial charge in [0.2, 0.25) is 5.88 Å². The highest BCUT2D eigenvalue weighted by atomic mass is 79.9. The Morgan fingerprint density at radius 1 is 1.25 bits per heavy atom. The zero-order chi connectivity index (χ0) is 16.8. The Morgan fingerprint density at radius 2 is 2.04 bits per heavy atom. The Balaban J connectivity index is 2.07. The largest absolute Gasteiger partial charge is 0.440 e. The van der Waals surface area contributed by atoms with Crippen molar-refractivity contribution in [2.24, 2.45) is 5.73 Å². The number of nitrogens with two attached hydrogens (primary N) is 1. The van der Waals surface area contributed by atoms with Crippen molar-refractivity contribution in [3.8, 4) is 11.8 Å². The summed E-state index contributed by atoms with van der Waals surface area (Å²) in [5, 5.41) is 10.8. The van der Waals surface area contributed by atoms with Crippen LogP contribution >= 0.6 is 15.9 Å². The molecule has 24 heavy (non-hydrogen) atoms. The number of ether oxygens (including phenoxy) is 1. The van der Waals surface area contributed by atoms with Gasteiger partial charge >= 0.3 is 0 Å². The number of rotatable bonds is 1. The highest BCUT2D eigenvalue weighted by molar-refractivity contribution is 9.10. The molecule has 5 heteroatoms. The number of H-pyrrole nitrogens is 1. The van der Waals surface area contributed by atoms with Gasteiger partial charge in [0.15, 0.2) is 0 Å². The number of hydrogen-bond acceptors (Lipinski definition) is 3. The van der Waals surface area contributed by atoms with E-state index in [0.29, 0.717) is 11.3 Å². The highest BCUT2D eigenvalue weighted by Crippen LogP contribution is 2.46. The third-order valence-corrected chi connectivity index (χ3v) is 4.90. The van der Waals surface area contributed by atoms with Crippen molar-refractivity contribution in [3.63, 3.8) is 0 Å². The van der Waals surface area contributed by atoms with Gasteiger partial charge in [-0.05, 0) is 36.8 Å². The summed E-state index contributed by atoms with van der Waals surface area (Å²) < 4.78 is 6.61. The van der Waals surface area contributed by atoms with Gasteiger partial charge in [0.25, 0.3) is 0 Å². The summed E-state index contributed by atoms with van der Waals surface area (Å²) in [6.45, 7) is 2.02. The molecule has 2 aromatic carbocycles. The fourth-order valence-corrected chi connectivity index (χ4v) is 3.78. The molecule has 0 fully saturated rings. The predicted octanol–water partition coefficient (Wildman–Crippen LogP) is 4.46. The van der Waals surface area contributed by atoms with Crippen molar-refractivity contribution in [2.75, 3.05) is 0 Å². The van der Waals surface area contributed by atoms with Crippen molar-refractivity contribution in [3.05, 3.63) is 75.2 Å². The van der Waals surface area contributed by atoms with E-state index in [9.17, 15) is 5.26 Å². The summed E-state index contributed by atoms with van der Waals surface area (Å²) in [7, 11) is 0. The van der Waals surface area contributed by atoms with E-state index in [4.69, 9.17) is 10.5 Å². The maximum Gasteiger partial charge on any atom is 0.205 e. The SMILES string of the molecule is Cc1[nH]c2ccccc2c1C1C(C#N)=C(N)Oc2ccc(Br)cc21. The average molecular weight is 380 g/mol. The summed E-state index contributed by atoms with van der Waals surface area (Å²) in [5.74, 6) is 0.596. The molecule has 1 unspecified atom stereocenters. The monoisotopic (exact) mass is 379 g/mol. The predicted molar refractivity (Wildman–Crippen MR) is 96.5 cm³/mol. The van der Waals surface area contributed by atoms with Gasteiger partial charge < -0.3 is 15.5 Å². The van der Waals surface area contributed by atoms with Crippen molar-refractivity contribution in [2.45, 2.75) is 12.8 Å². The fourth-order valence-electron chi connectivity index (χ4n) is 3.40. The Morgan fingerprint density at radius 3 is 2.83 bits per heavy atom. The fraction of sp³-hybridized carbons (Fsp3) is 0.105. The van der Waals surface area contributed by atoms with E-state index in [1.807, 2.05) is 43.3 Å². The molecule has 0 amide bonds. The van der Waals surface area contributed by atoms with Crippen LogP contribution in [0.1, 0.15) is 22.7 Å². The van der Waals surface area contributed by atoms with Crippen LogP contribution in [0.5, 0.6) is 5.75 Å². The van der Waals surface area contributed by atoms with Gasteiger partial charge in [-0.3, -0.25) is 0 Å². The molecule has 4 nitrogen and oxygen atoms in total. The lowest BCUT2D eigenvalue weighted by Gasteiger charge is -2.26. The zero-order valence-corrected chi connectivity index (χ0v) is 14.5. The Labute approximate surface area is 147 Å². The first-order chi connectivity index (χ1) is 11.6. The lowest BCUT2D eigenvalue weighted by molar-refractivity contribution is 0.393. The van der Waals surface area contributed by atoms with Crippen LogP contribution in [0.4, 0.5) is 0 Å². The van der Waals surface area contributed by atoms with E-state index in [0.717, 1.165) is 32.2 Å². The first-order valence-corrected chi connectivity index (χ1v) is 8.33. The number of aryl methyl sites for hydroxylation is 1. The number of fused-ring (bicyclic) bond motifs is 2. The Kier molecular flexibility index (Phi) is 3.36. The molecule has 1 aliphatic rings. The number of hydrogen-bond donors (Lipinski definition) is 2. The zero-order valence-electron chi connectivity index (χ0n) is 12.9. The molecule has 0 saturated heterocycles. The van der Waals surface area contributed by atoms with Gasteiger partial charge in [-0.1, -0.05) is 34.1 Å². The van der Waals surface area contributed by atoms with Crippen LogP contribution in [0, 0.1) is 18.3 Å². The molecule has 3 N–H and O–H groups in total. The number of allylic oxidation sites excluding steroid dienone is 1. The van der Waals surface area contributed by atoms with Gasteiger partial charge in [-0.2, -0.15) is 5.26 Å². The van der Waals surface area contributed by atoms with Crippen LogP contribution in [0.3, 0.4) is 0 Å². The number of aromatic nitrogens is 1. The van der Waals surface area contributed by atoms with Gasteiger partial charge in [0.1, 0.15) is 17.4 Å². The first-order valence-electron chi connectivity index (χ1n) is 7.54. The summed E-state index contributed by atoms with van der Waals surface area (Å²) in [6.07, 6.45) is 0. The smallest absolute Gasteiger partial charge is 0.205 e. The summed E-state index contributed by atoms with van der Waals surface area (Å²) in [6, 6.07) is 16.1. The molecule has 0 radical (unpaired) electrons. The molecule has 0 bridgehead atoms. The number of para-hydroxylation sites is 1. The minimum Gasteiger partial charge on any atom is -0.440 e. The summed E-state index contributed by atoms with van der Waals surface area (Å²) >= 11 is 3.51. The molecular weight excluding hydrogens is 366 g/mol. The minimum atomic E-state index is -0.257. The third-order valence-electron chi connectivity index (χ3n) is 4.41.